The maximum Gasteiger partial charge on any atom is 0.127 e. The van der Waals surface area contributed by atoms with Crippen molar-refractivity contribution in [1.29, 1.82) is 0 Å². The van der Waals surface area contributed by atoms with Crippen molar-refractivity contribution in [3.05, 3.63) is 35.4 Å². The predicted octanol–water partition coefficient (Wildman–Crippen LogP) is 3.20. The van der Waals surface area contributed by atoms with Crippen molar-refractivity contribution in [2.24, 2.45) is 11.8 Å². The molecule has 1 saturated heterocycles. The first-order valence-corrected chi connectivity index (χ1v) is 6.38. The highest BCUT2D eigenvalue weighted by Gasteiger charge is 2.35. The quantitative estimate of drug-likeness (QED) is 0.763. The molecule has 2 unspecified atom stereocenters. The molecule has 0 radical (unpaired) electrons. The van der Waals surface area contributed by atoms with Gasteiger partial charge in [-0.25, -0.2) is 8.78 Å². The standard InChI is InChI=1S/C14H17F2N/c15-13-4-5-14(16)12(6-13)9-17-7-10-2-1-3-11(10)8-17/h4-6,10-11H,1-3,7-9H2. The number of hydrogen-bond donors (Lipinski definition) is 0. The third kappa shape index (κ3) is 2.21. The van der Waals surface area contributed by atoms with Gasteiger partial charge in [-0.3, -0.25) is 4.90 Å². The fraction of sp³-hybridized carbons (Fsp3) is 0.571. The van der Waals surface area contributed by atoms with Crippen LogP contribution < -0.4 is 0 Å². The van der Waals surface area contributed by atoms with Crippen LogP contribution in [0.4, 0.5) is 8.78 Å². The Hall–Kier alpha value is -0.960. The highest BCUT2D eigenvalue weighted by molar-refractivity contribution is 5.18. The topological polar surface area (TPSA) is 3.24 Å². The van der Waals surface area contributed by atoms with Crippen molar-refractivity contribution in [3.8, 4) is 0 Å². The summed E-state index contributed by atoms with van der Waals surface area (Å²) in [6, 6.07) is 3.72. The van der Waals surface area contributed by atoms with E-state index >= 15 is 0 Å². The van der Waals surface area contributed by atoms with Crippen LogP contribution in [0.3, 0.4) is 0 Å². The smallest absolute Gasteiger partial charge is 0.127 e. The molecule has 0 amide bonds. The molecule has 0 N–H and O–H groups in total. The Morgan fingerprint density at radius 3 is 2.53 bits per heavy atom. The average Bonchev–Trinajstić information content (AvgIpc) is 2.83. The summed E-state index contributed by atoms with van der Waals surface area (Å²) in [7, 11) is 0. The van der Waals surface area contributed by atoms with Crippen LogP contribution in [-0.4, -0.2) is 18.0 Å². The number of rotatable bonds is 2. The van der Waals surface area contributed by atoms with E-state index in [1.165, 1.54) is 37.5 Å². The van der Waals surface area contributed by atoms with Gasteiger partial charge in [0.05, 0.1) is 0 Å². The summed E-state index contributed by atoms with van der Waals surface area (Å²) in [5.41, 5.74) is 0.491. The number of nitrogens with zero attached hydrogens (tertiary/aromatic N) is 1. The molecule has 0 bridgehead atoms. The molecule has 1 nitrogen and oxygen atoms in total. The Kier molecular flexibility index (Phi) is 2.87. The Balaban J connectivity index is 1.69. The number of hydrogen-bond acceptors (Lipinski definition) is 1. The first kappa shape index (κ1) is 11.1. The van der Waals surface area contributed by atoms with E-state index in [4.69, 9.17) is 0 Å². The number of benzene rings is 1. The van der Waals surface area contributed by atoms with E-state index in [0.29, 0.717) is 12.1 Å². The third-order valence-electron chi connectivity index (χ3n) is 4.20. The normalized spacial score (nSPS) is 28.6. The van der Waals surface area contributed by atoms with Crippen LogP contribution in [0.25, 0.3) is 0 Å². The van der Waals surface area contributed by atoms with Gasteiger partial charge in [0.15, 0.2) is 0 Å². The predicted molar refractivity (Wildman–Crippen MR) is 62.5 cm³/mol. The molecule has 1 aliphatic carbocycles. The average molecular weight is 237 g/mol. The molecule has 0 spiro atoms. The van der Waals surface area contributed by atoms with Crippen LogP contribution in [0.15, 0.2) is 18.2 Å². The van der Waals surface area contributed by atoms with Crippen molar-refractivity contribution in [1.82, 2.24) is 4.90 Å². The lowest BCUT2D eigenvalue weighted by molar-refractivity contribution is 0.298. The summed E-state index contributed by atoms with van der Waals surface area (Å²) in [5, 5.41) is 0. The molecule has 92 valence electrons. The van der Waals surface area contributed by atoms with Gasteiger partial charge in [-0.1, -0.05) is 6.42 Å². The second kappa shape index (κ2) is 4.37. The lowest BCUT2D eigenvalue weighted by Gasteiger charge is -2.17. The van der Waals surface area contributed by atoms with Crippen molar-refractivity contribution in [3.63, 3.8) is 0 Å². The summed E-state index contributed by atoms with van der Waals surface area (Å²) in [6.45, 7) is 2.66. The molecule has 3 heteroatoms. The molecule has 1 saturated carbocycles. The van der Waals surface area contributed by atoms with Gasteiger partial charge in [-0.2, -0.15) is 0 Å². The van der Waals surface area contributed by atoms with Gasteiger partial charge in [-0.15, -0.1) is 0 Å². The van der Waals surface area contributed by atoms with Crippen LogP contribution in [0.2, 0.25) is 0 Å². The van der Waals surface area contributed by atoms with Crippen molar-refractivity contribution < 1.29 is 8.78 Å². The molecular formula is C14H17F2N. The van der Waals surface area contributed by atoms with Gasteiger partial charge in [0, 0.05) is 25.2 Å². The molecule has 2 aliphatic rings. The van der Waals surface area contributed by atoms with Gasteiger partial charge in [0.1, 0.15) is 11.6 Å². The van der Waals surface area contributed by atoms with Crippen LogP contribution in [0.1, 0.15) is 24.8 Å². The third-order valence-corrected chi connectivity index (χ3v) is 4.20. The maximum atomic E-state index is 13.5. The van der Waals surface area contributed by atoms with E-state index in [2.05, 4.69) is 4.90 Å². The molecule has 2 atom stereocenters. The molecule has 0 aromatic heterocycles. The summed E-state index contributed by atoms with van der Waals surface area (Å²) >= 11 is 0. The van der Waals surface area contributed by atoms with Crippen LogP contribution in [0.5, 0.6) is 0 Å². The van der Waals surface area contributed by atoms with Crippen LogP contribution in [-0.2, 0) is 6.54 Å². The van der Waals surface area contributed by atoms with Gasteiger partial charge >= 0.3 is 0 Å². The SMILES string of the molecule is Fc1ccc(F)c(CN2CC3CCCC3C2)c1. The summed E-state index contributed by atoms with van der Waals surface area (Å²) in [5.74, 6) is 0.961. The second-order valence-electron chi connectivity index (χ2n) is 5.38. The van der Waals surface area contributed by atoms with Gasteiger partial charge in [0.25, 0.3) is 0 Å². The molecule has 17 heavy (non-hydrogen) atoms. The zero-order valence-corrected chi connectivity index (χ0v) is 9.83. The molecule has 3 rings (SSSR count). The molecule has 1 aliphatic heterocycles. The van der Waals surface area contributed by atoms with Crippen molar-refractivity contribution in [2.75, 3.05) is 13.1 Å². The summed E-state index contributed by atoms with van der Waals surface area (Å²) in [6.07, 6.45) is 3.97. The van der Waals surface area contributed by atoms with E-state index in [1.54, 1.807) is 0 Å². The molecular weight excluding hydrogens is 220 g/mol. The lowest BCUT2D eigenvalue weighted by atomic mass is 10.0. The number of likely N-dealkylation sites (tertiary alicyclic amines) is 1. The maximum absolute atomic E-state index is 13.5. The highest BCUT2D eigenvalue weighted by Crippen LogP contribution is 2.38. The van der Waals surface area contributed by atoms with Gasteiger partial charge in [0.2, 0.25) is 0 Å². The Bertz CT molecular complexity index is 407. The lowest BCUT2D eigenvalue weighted by Crippen LogP contribution is -2.21. The molecule has 2 fully saturated rings. The fourth-order valence-electron chi connectivity index (χ4n) is 3.37. The van der Waals surface area contributed by atoms with Crippen LogP contribution in [0, 0.1) is 23.5 Å². The Morgan fingerprint density at radius 2 is 1.82 bits per heavy atom. The monoisotopic (exact) mass is 237 g/mol. The zero-order chi connectivity index (χ0) is 11.8. The minimum Gasteiger partial charge on any atom is -0.298 e. The minimum atomic E-state index is -0.346. The molecule has 1 aromatic rings. The Labute approximate surface area is 100 Å². The largest absolute Gasteiger partial charge is 0.298 e. The van der Waals surface area contributed by atoms with E-state index < -0.39 is 0 Å². The van der Waals surface area contributed by atoms with Crippen LogP contribution >= 0.6 is 0 Å². The zero-order valence-electron chi connectivity index (χ0n) is 9.83. The number of halogens is 2. The summed E-state index contributed by atoms with van der Waals surface area (Å²) in [4.78, 5) is 2.27. The summed E-state index contributed by atoms with van der Waals surface area (Å²) < 4.78 is 26.6. The Morgan fingerprint density at radius 1 is 1.12 bits per heavy atom. The minimum absolute atomic E-state index is 0.288. The van der Waals surface area contributed by atoms with Crippen molar-refractivity contribution >= 4 is 0 Å². The highest BCUT2D eigenvalue weighted by atomic mass is 19.1. The van der Waals surface area contributed by atoms with Gasteiger partial charge in [-0.05, 0) is 42.9 Å². The fourth-order valence-corrected chi connectivity index (χ4v) is 3.37. The van der Waals surface area contributed by atoms with E-state index in [-0.39, 0.29) is 11.6 Å². The van der Waals surface area contributed by atoms with Crippen molar-refractivity contribution in [2.45, 2.75) is 25.8 Å². The number of fused-ring (bicyclic) bond motifs is 1. The van der Waals surface area contributed by atoms with E-state index in [0.717, 1.165) is 24.9 Å². The van der Waals surface area contributed by atoms with E-state index in [1.807, 2.05) is 0 Å². The molecule has 1 aromatic carbocycles. The van der Waals surface area contributed by atoms with E-state index in [9.17, 15) is 8.78 Å². The first-order valence-electron chi connectivity index (χ1n) is 6.38. The van der Waals surface area contributed by atoms with Gasteiger partial charge < -0.3 is 0 Å². The first-order chi connectivity index (χ1) is 8.22. The molecule has 1 heterocycles. The second-order valence-corrected chi connectivity index (χ2v) is 5.38.